The Hall–Kier alpha value is -3.55. The highest BCUT2D eigenvalue weighted by molar-refractivity contribution is 6.56. The number of nitrogens with one attached hydrogen (secondary N) is 1. The van der Waals surface area contributed by atoms with Gasteiger partial charge in [-0.25, -0.2) is 4.79 Å². The minimum absolute atomic E-state index is 0.000641. The number of amides is 1. The quantitative estimate of drug-likeness (QED) is 0.354. The van der Waals surface area contributed by atoms with Gasteiger partial charge in [-0.2, -0.15) is 0 Å². The van der Waals surface area contributed by atoms with E-state index in [1.54, 1.807) is 7.11 Å². The summed E-state index contributed by atoms with van der Waals surface area (Å²) in [5.41, 5.74) is 6.56. The van der Waals surface area contributed by atoms with E-state index < -0.39 is 24.4 Å². The number of hydrogen-bond acceptors (Lipinski definition) is 5. The molecule has 0 saturated carbocycles. The van der Waals surface area contributed by atoms with Gasteiger partial charge in [-0.3, -0.25) is 0 Å². The van der Waals surface area contributed by atoms with Crippen molar-refractivity contribution < 1.29 is 23.6 Å². The first-order valence-electron chi connectivity index (χ1n) is 13.4. The fourth-order valence-electron chi connectivity index (χ4n) is 5.12. The molecule has 0 atom stereocenters. The summed E-state index contributed by atoms with van der Waals surface area (Å²) in [6.07, 6.45) is 1.52. The van der Waals surface area contributed by atoms with Crippen LogP contribution in [0.25, 0.3) is 17.2 Å². The first-order chi connectivity index (χ1) is 18.6. The molecular weight excluding hydrogens is 489 g/mol. The van der Waals surface area contributed by atoms with Crippen LogP contribution in [0.3, 0.4) is 0 Å². The van der Waals surface area contributed by atoms with Crippen molar-refractivity contribution in [3.8, 4) is 16.9 Å². The predicted molar refractivity (Wildman–Crippen MR) is 155 cm³/mol. The lowest BCUT2D eigenvalue weighted by molar-refractivity contribution is 0.00578. The molecule has 0 spiro atoms. The van der Waals surface area contributed by atoms with Crippen LogP contribution in [0.5, 0.6) is 5.75 Å². The Bertz CT molecular complexity index is 1350. The van der Waals surface area contributed by atoms with Gasteiger partial charge in [0, 0.05) is 12.5 Å². The van der Waals surface area contributed by atoms with Crippen LogP contribution in [-0.4, -0.2) is 44.7 Å². The molecule has 1 saturated heterocycles. The number of carbonyl (C=O) groups is 1. The maximum Gasteiger partial charge on any atom is 0.492 e. The van der Waals surface area contributed by atoms with Gasteiger partial charge in [0.2, 0.25) is 0 Å². The van der Waals surface area contributed by atoms with E-state index in [2.05, 4.69) is 29.6 Å². The van der Waals surface area contributed by atoms with Crippen LogP contribution in [0.2, 0.25) is 0 Å². The normalized spacial score (nSPS) is 17.5. The number of methoxy groups -OCH3 is 1. The minimum Gasteiger partial charge on any atom is -0.497 e. The lowest BCUT2D eigenvalue weighted by Crippen LogP contribution is -2.41. The van der Waals surface area contributed by atoms with Crippen molar-refractivity contribution in [3.05, 3.63) is 94.5 Å². The van der Waals surface area contributed by atoms with Gasteiger partial charge < -0.3 is 24.1 Å². The zero-order valence-electron chi connectivity index (χ0n) is 23.5. The molecule has 3 aromatic rings. The molecule has 0 aromatic heterocycles. The van der Waals surface area contributed by atoms with Gasteiger partial charge in [-0.05, 0) is 85.6 Å². The Labute approximate surface area is 231 Å². The van der Waals surface area contributed by atoms with Crippen LogP contribution < -0.4 is 10.1 Å². The van der Waals surface area contributed by atoms with E-state index in [-0.39, 0.29) is 19.1 Å². The fourth-order valence-corrected chi connectivity index (χ4v) is 5.12. The van der Waals surface area contributed by atoms with Crippen LogP contribution in [0, 0.1) is 6.92 Å². The van der Waals surface area contributed by atoms with Crippen molar-refractivity contribution in [1.82, 2.24) is 5.32 Å². The summed E-state index contributed by atoms with van der Waals surface area (Å²) in [7, 11) is 1.03. The lowest BCUT2D eigenvalue weighted by atomic mass is 9.76. The average Bonchev–Trinajstić information content (AvgIpc) is 3.35. The van der Waals surface area contributed by atoms with Crippen molar-refractivity contribution in [2.45, 2.75) is 51.7 Å². The van der Waals surface area contributed by atoms with Crippen LogP contribution in [-0.2, 0) is 14.0 Å². The molecule has 6 nitrogen and oxygen atoms in total. The van der Waals surface area contributed by atoms with Crippen LogP contribution >= 0.6 is 0 Å². The molecule has 7 heteroatoms. The van der Waals surface area contributed by atoms with Crippen molar-refractivity contribution in [1.29, 1.82) is 0 Å². The summed E-state index contributed by atoms with van der Waals surface area (Å²) >= 11 is 0. The number of ether oxygens (including phenoxy) is 2. The Morgan fingerprint density at radius 3 is 2.13 bits per heavy atom. The monoisotopic (exact) mass is 525 g/mol. The Kier molecular flexibility index (Phi) is 7.32. The molecule has 1 aliphatic carbocycles. The Balaban J connectivity index is 1.32. The second-order valence-electron chi connectivity index (χ2n) is 11.2. The molecule has 5 rings (SSSR count). The number of aryl methyl sites for hydroxylation is 1. The smallest absolute Gasteiger partial charge is 0.492 e. The lowest BCUT2D eigenvalue weighted by Gasteiger charge is -2.32. The third-order valence-electron chi connectivity index (χ3n) is 8.16. The van der Waals surface area contributed by atoms with Gasteiger partial charge in [0.05, 0.1) is 18.3 Å². The summed E-state index contributed by atoms with van der Waals surface area (Å²) in [5.74, 6) is 0.755. The van der Waals surface area contributed by atoms with Gasteiger partial charge in [-0.15, -0.1) is 0 Å². The molecule has 0 radical (unpaired) electrons. The van der Waals surface area contributed by atoms with Crippen LogP contribution in [0.4, 0.5) is 4.79 Å². The van der Waals surface area contributed by atoms with Gasteiger partial charge in [0.25, 0.3) is 0 Å². The standard InChI is InChI=1S/C32H36BNO5/c1-21-15-16-24(36-6)18-22(21)17-23(33-38-31(2,3)32(4,5)39-33)19-34-30(35)37-20-29-27-13-9-7-11-25(27)26-12-8-10-14-28(26)29/h7-18,29H,19-20H2,1-6H3,(H,34,35). The maximum atomic E-state index is 13.0. The van der Waals surface area contributed by atoms with Gasteiger partial charge >= 0.3 is 13.2 Å². The highest BCUT2D eigenvalue weighted by Crippen LogP contribution is 2.44. The molecule has 0 bridgehead atoms. The van der Waals surface area contributed by atoms with E-state index in [0.717, 1.165) is 22.3 Å². The van der Waals surface area contributed by atoms with Crippen LogP contribution in [0.15, 0.2) is 72.2 Å². The number of rotatable bonds is 7. The molecule has 1 amide bonds. The molecule has 3 aromatic carbocycles. The molecule has 0 unspecified atom stereocenters. The third kappa shape index (κ3) is 5.34. The molecule has 39 heavy (non-hydrogen) atoms. The first-order valence-corrected chi connectivity index (χ1v) is 13.4. The first kappa shape index (κ1) is 27.0. The number of benzene rings is 3. The molecule has 1 fully saturated rings. The Morgan fingerprint density at radius 1 is 0.949 bits per heavy atom. The predicted octanol–water partition coefficient (Wildman–Crippen LogP) is 6.56. The van der Waals surface area contributed by atoms with E-state index in [1.807, 2.05) is 83.2 Å². The van der Waals surface area contributed by atoms with Gasteiger partial charge in [-0.1, -0.05) is 60.7 Å². The summed E-state index contributed by atoms with van der Waals surface area (Å²) < 4.78 is 23.9. The van der Waals surface area contributed by atoms with E-state index in [4.69, 9.17) is 18.8 Å². The second-order valence-corrected chi connectivity index (χ2v) is 11.2. The molecule has 2 aliphatic rings. The van der Waals surface area contributed by atoms with Crippen molar-refractivity contribution in [2.75, 3.05) is 20.3 Å². The molecule has 1 aliphatic heterocycles. The van der Waals surface area contributed by atoms with Crippen molar-refractivity contribution in [3.63, 3.8) is 0 Å². The second kappa shape index (κ2) is 10.6. The zero-order valence-corrected chi connectivity index (χ0v) is 23.5. The van der Waals surface area contributed by atoms with Crippen molar-refractivity contribution in [2.24, 2.45) is 0 Å². The zero-order chi connectivity index (χ0) is 27.8. The maximum absolute atomic E-state index is 13.0. The van der Waals surface area contributed by atoms with Crippen LogP contribution in [0.1, 0.15) is 55.9 Å². The van der Waals surface area contributed by atoms with Gasteiger partial charge in [0.15, 0.2) is 0 Å². The topological polar surface area (TPSA) is 66.0 Å². The number of hydrogen-bond donors (Lipinski definition) is 1. The van der Waals surface area contributed by atoms with Crippen molar-refractivity contribution >= 4 is 19.3 Å². The van der Waals surface area contributed by atoms with E-state index >= 15 is 0 Å². The number of fused-ring (bicyclic) bond motifs is 3. The number of alkyl carbamates (subject to hydrolysis) is 1. The summed E-state index contributed by atoms with van der Waals surface area (Å²) in [6.45, 7) is 10.6. The van der Waals surface area contributed by atoms with Gasteiger partial charge in [0.1, 0.15) is 12.4 Å². The molecule has 1 N–H and O–H groups in total. The molecular formula is C32H36BNO5. The van der Waals surface area contributed by atoms with E-state index in [0.29, 0.717) is 0 Å². The van der Waals surface area contributed by atoms with E-state index in [9.17, 15) is 4.79 Å². The summed E-state index contributed by atoms with van der Waals surface area (Å²) in [6, 6.07) is 22.5. The number of carbonyl (C=O) groups excluding carboxylic acids is 1. The highest BCUT2D eigenvalue weighted by Gasteiger charge is 2.52. The summed E-state index contributed by atoms with van der Waals surface area (Å²) in [4.78, 5) is 13.0. The largest absolute Gasteiger partial charge is 0.497 e. The summed E-state index contributed by atoms with van der Waals surface area (Å²) in [5, 5.41) is 2.93. The molecule has 202 valence electrons. The average molecular weight is 525 g/mol. The minimum atomic E-state index is -0.616. The fraction of sp³-hybridized carbons (Fsp3) is 0.344. The molecule has 1 heterocycles. The third-order valence-corrected chi connectivity index (χ3v) is 8.16. The SMILES string of the molecule is COc1ccc(C)c(C=C(CNC(=O)OCC2c3ccccc3-c3ccccc32)B2OC(C)(C)C(C)(C)O2)c1. The Morgan fingerprint density at radius 2 is 1.54 bits per heavy atom. The highest BCUT2D eigenvalue weighted by atomic mass is 16.7. The van der Waals surface area contributed by atoms with E-state index in [1.165, 1.54) is 22.3 Å².